The van der Waals surface area contributed by atoms with E-state index in [2.05, 4.69) is 62.4 Å². The molecule has 100 valence electrons. The summed E-state index contributed by atoms with van der Waals surface area (Å²) in [6, 6.07) is 6.63. The average Bonchev–Trinajstić information content (AvgIpc) is 2.31. The van der Waals surface area contributed by atoms with Gasteiger partial charge in [-0.05, 0) is 48.4 Å². The molecule has 0 amide bonds. The minimum Gasteiger partial charge on any atom is -0.271 e. The Kier molecular flexibility index (Phi) is 5.24. The number of hydrogen-bond acceptors (Lipinski definition) is 2. The third-order valence-electron chi connectivity index (χ3n) is 3.96. The first kappa shape index (κ1) is 14.5. The van der Waals surface area contributed by atoms with Crippen molar-refractivity contribution < 1.29 is 0 Å². The van der Waals surface area contributed by atoms with Crippen molar-refractivity contribution in [1.82, 2.24) is 5.43 Å². The largest absolute Gasteiger partial charge is 0.271 e. The Hall–Kier alpha value is 0.1000. The van der Waals surface area contributed by atoms with Gasteiger partial charge >= 0.3 is 0 Å². The molecule has 3 N–H and O–H groups in total. The molecule has 1 unspecified atom stereocenters. The summed E-state index contributed by atoms with van der Waals surface area (Å²) in [5.74, 6) is 7.30. The van der Waals surface area contributed by atoms with Gasteiger partial charge in [0.05, 0.1) is 0 Å². The quantitative estimate of drug-likeness (QED) is 0.601. The van der Waals surface area contributed by atoms with E-state index in [4.69, 9.17) is 5.84 Å². The minimum absolute atomic E-state index is 0.256. The van der Waals surface area contributed by atoms with Crippen LogP contribution < -0.4 is 11.3 Å². The highest BCUT2D eigenvalue weighted by Crippen LogP contribution is 2.37. The molecule has 2 rings (SSSR count). The summed E-state index contributed by atoms with van der Waals surface area (Å²) < 4.78 is 2.19. The van der Waals surface area contributed by atoms with Crippen LogP contribution in [0.5, 0.6) is 0 Å². The summed E-state index contributed by atoms with van der Waals surface area (Å²) in [4.78, 5) is 0. The van der Waals surface area contributed by atoms with Gasteiger partial charge in [-0.1, -0.05) is 51.6 Å². The highest BCUT2D eigenvalue weighted by Gasteiger charge is 2.26. The molecule has 1 aliphatic carbocycles. The molecule has 1 atom stereocenters. The highest BCUT2D eigenvalue weighted by atomic mass is 79.9. The molecule has 0 aliphatic heterocycles. The van der Waals surface area contributed by atoms with Crippen LogP contribution in [0.25, 0.3) is 0 Å². The fourth-order valence-electron chi connectivity index (χ4n) is 2.88. The molecule has 18 heavy (non-hydrogen) atoms. The molecule has 2 nitrogen and oxygen atoms in total. The smallest absolute Gasteiger partial charge is 0.0488 e. The Labute approximate surface area is 126 Å². The van der Waals surface area contributed by atoms with Crippen molar-refractivity contribution in [2.45, 2.75) is 38.6 Å². The monoisotopic (exact) mass is 374 g/mol. The molecule has 0 bridgehead atoms. The Morgan fingerprint density at radius 2 is 1.67 bits per heavy atom. The zero-order valence-electron chi connectivity index (χ0n) is 10.6. The first-order valence-corrected chi connectivity index (χ1v) is 8.11. The first-order chi connectivity index (χ1) is 8.60. The summed E-state index contributed by atoms with van der Waals surface area (Å²) in [6.07, 6.45) is 5.16. The van der Waals surface area contributed by atoms with E-state index in [1.54, 1.807) is 0 Å². The Bertz CT molecular complexity index is 381. The molecule has 1 aromatic rings. The fourth-order valence-corrected chi connectivity index (χ4v) is 4.21. The van der Waals surface area contributed by atoms with E-state index in [-0.39, 0.29) is 6.04 Å². The number of nitrogens with two attached hydrogens (primary N) is 1. The van der Waals surface area contributed by atoms with Crippen molar-refractivity contribution >= 4 is 31.9 Å². The number of benzene rings is 1. The second-order valence-electron chi connectivity index (χ2n) is 5.37. The predicted molar refractivity (Wildman–Crippen MR) is 83.0 cm³/mol. The SMILES string of the molecule is CC1CCC(C(NN)c2cc(Br)cc(Br)c2)CC1. The number of hydrazine groups is 1. The molecule has 0 saturated heterocycles. The van der Waals surface area contributed by atoms with Gasteiger partial charge in [0, 0.05) is 15.0 Å². The zero-order valence-corrected chi connectivity index (χ0v) is 13.8. The Morgan fingerprint density at radius 1 is 1.11 bits per heavy atom. The molecule has 1 aromatic carbocycles. The normalized spacial score (nSPS) is 26.0. The van der Waals surface area contributed by atoms with Crippen molar-refractivity contribution in [2.24, 2.45) is 17.7 Å². The molecule has 0 heterocycles. The van der Waals surface area contributed by atoms with Gasteiger partial charge in [-0.15, -0.1) is 0 Å². The lowest BCUT2D eigenvalue weighted by Crippen LogP contribution is -2.35. The average molecular weight is 376 g/mol. The maximum absolute atomic E-state index is 5.79. The number of nitrogens with one attached hydrogen (secondary N) is 1. The summed E-state index contributed by atoms with van der Waals surface area (Å²) in [5.41, 5.74) is 4.28. The molecule has 4 heteroatoms. The van der Waals surface area contributed by atoms with Crippen molar-refractivity contribution in [2.75, 3.05) is 0 Å². The van der Waals surface area contributed by atoms with Gasteiger partial charge in [0.25, 0.3) is 0 Å². The van der Waals surface area contributed by atoms with Gasteiger partial charge in [0.1, 0.15) is 0 Å². The second kappa shape index (κ2) is 6.51. The van der Waals surface area contributed by atoms with E-state index in [0.717, 1.165) is 14.9 Å². The Balaban J connectivity index is 2.17. The number of hydrogen-bond donors (Lipinski definition) is 2. The van der Waals surface area contributed by atoms with E-state index in [0.29, 0.717) is 5.92 Å². The van der Waals surface area contributed by atoms with E-state index in [1.165, 1.54) is 31.2 Å². The lowest BCUT2D eigenvalue weighted by molar-refractivity contribution is 0.232. The van der Waals surface area contributed by atoms with Crippen LogP contribution in [0.2, 0.25) is 0 Å². The van der Waals surface area contributed by atoms with Gasteiger partial charge < -0.3 is 0 Å². The predicted octanol–water partition coefficient (Wildman–Crippen LogP) is 4.54. The van der Waals surface area contributed by atoms with Gasteiger partial charge in [-0.3, -0.25) is 11.3 Å². The summed E-state index contributed by atoms with van der Waals surface area (Å²) >= 11 is 7.09. The zero-order chi connectivity index (χ0) is 13.1. The van der Waals surface area contributed by atoms with E-state index >= 15 is 0 Å². The number of halogens is 2. The van der Waals surface area contributed by atoms with Gasteiger partial charge in [-0.2, -0.15) is 0 Å². The third kappa shape index (κ3) is 3.56. The second-order valence-corrected chi connectivity index (χ2v) is 7.20. The van der Waals surface area contributed by atoms with Crippen LogP contribution in [0.1, 0.15) is 44.2 Å². The summed E-state index contributed by atoms with van der Waals surface area (Å²) in [6.45, 7) is 2.34. The molecule has 1 aliphatic rings. The van der Waals surface area contributed by atoms with Gasteiger partial charge in [0.15, 0.2) is 0 Å². The molecule has 0 aromatic heterocycles. The van der Waals surface area contributed by atoms with Crippen molar-refractivity contribution in [3.8, 4) is 0 Å². The summed E-state index contributed by atoms with van der Waals surface area (Å²) in [7, 11) is 0. The van der Waals surface area contributed by atoms with Crippen LogP contribution in [-0.2, 0) is 0 Å². The molecule has 0 radical (unpaired) electrons. The maximum Gasteiger partial charge on any atom is 0.0488 e. The van der Waals surface area contributed by atoms with Crippen LogP contribution in [-0.4, -0.2) is 0 Å². The van der Waals surface area contributed by atoms with Crippen molar-refractivity contribution in [3.63, 3.8) is 0 Å². The van der Waals surface area contributed by atoms with E-state index in [1.807, 2.05) is 0 Å². The van der Waals surface area contributed by atoms with Crippen molar-refractivity contribution in [3.05, 3.63) is 32.7 Å². The van der Waals surface area contributed by atoms with Crippen molar-refractivity contribution in [1.29, 1.82) is 0 Å². The third-order valence-corrected chi connectivity index (χ3v) is 4.87. The maximum atomic E-state index is 5.79. The lowest BCUT2D eigenvalue weighted by atomic mass is 9.77. The van der Waals surface area contributed by atoms with Crippen LogP contribution >= 0.6 is 31.9 Å². The Morgan fingerprint density at radius 3 is 2.17 bits per heavy atom. The van der Waals surface area contributed by atoms with Crippen LogP contribution in [0.15, 0.2) is 27.1 Å². The molecule has 1 fully saturated rings. The first-order valence-electron chi connectivity index (χ1n) is 6.52. The summed E-state index contributed by atoms with van der Waals surface area (Å²) in [5, 5.41) is 0. The van der Waals surface area contributed by atoms with E-state index < -0.39 is 0 Å². The van der Waals surface area contributed by atoms with Crippen LogP contribution in [0.3, 0.4) is 0 Å². The van der Waals surface area contributed by atoms with Gasteiger partial charge in [0.2, 0.25) is 0 Å². The van der Waals surface area contributed by atoms with E-state index in [9.17, 15) is 0 Å². The topological polar surface area (TPSA) is 38.0 Å². The van der Waals surface area contributed by atoms with Crippen LogP contribution in [0.4, 0.5) is 0 Å². The number of rotatable bonds is 3. The molecule has 0 spiro atoms. The lowest BCUT2D eigenvalue weighted by Gasteiger charge is -2.32. The molecule has 1 saturated carbocycles. The minimum atomic E-state index is 0.256. The van der Waals surface area contributed by atoms with Crippen LogP contribution in [0, 0.1) is 11.8 Å². The molecular formula is C14H20Br2N2. The standard InChI is InChI=1S/C14H20Br2N2/c1-9-2-4-10(5-3-9)14(18-17)11-6-12(15)8-13(16)7-11/h6-10,14,18H,2-5,17H2,1H3. The van der Waals surface area contributed by atoms with Gasteiger partial charge in [-0.25, -0.2) is 0 Å². The highest BCUT2D eigenvalue weighted by molar-refractivity contribution is 9.11. The fraction of sp³-hybridized carbons (Fsp3) is 0.571. The molecular weight excluding hydrogens is 356 g/mol.